The number of aliphatic hydroxyl groups is 1. The third-order valence-electron chi connectivity index (χ3n) is 5.20. The maximum absolute atomic E-state index is 10.9. The minimum absolute atomic E-state index is 0.148. The fraction of sp³-hybridized carbons (Fsp3) is 0.923. The molecule has 3 nitrogen and oxygen atoms in total. The van der Waals surface area contributed by atoms with E-state index in [1.807, 2.05) is 0 Å². The van der Waals surface area contributed by atoms with Crippen LogP contribution in [0.3, 0.4) is 0 Å². The van der Waals surface area contributed by atoms with Gasteiger partial charge in [-0.1, -0.05) is 24.4 Å². The molecule has 90 valence electrons. The van der Waals surface area contributed by atoms with E-state index in [-0.39, 0.29) is 5.92 Å². The van der Waals surface area contributed by atoms with Crippen LogP contribution in [0.1, 0.15) is 51.4 Å². The maximum atomic E-state index is 10.9. The normalized spacial score (nSPS) is 50.1. The summed E-state index contributed by atoms with van der Waals surface area (Å²) in [6, 6.07) is 0. The predicted molar refractivity (Wildman–Crippen MR) is 61.6 cm³/mol. The molecule has 3 fully saturated rings. The van der Waals surface area contributed by atoms with Gasteiger partial charge in [-0.2, -0.15) is 0 Å². The molecule has 3 aliphatic carbocycles. The molecule has 0 unspecified atom stereocenters. The largest absolute Gasteiger partial charge is 0.411 e. The molecular formula is C13H21NO2. The van der Waals surface area contributed by atoms with E-state index in [1.54, 1.807) is 0 Å². The van der Waals surface area contributed by atoms with Crippen molar-refractivity contribution in [3.05, 3.63) is 0 Å². The van der Waals surface area contributed by atoms with Crippen LogP contribution in [0, 0.1) is 17.8 Å². The zero-order chi connectivity index (χ0) is 11.2. The molecule has 2 bridgehead atoms. The van der Waals surface area contributed by atoms with Gasteiger partial charge in [-0.25, -0.2) is 0 Å². The van der Waals surface area contributed by atoms with Gasteiger partial charge in [0.25, 0.3) is 0 Å². The molecule has 0 aromatic carbocycles. The molecule has 4 atom stereocenters. The van der Waals surface area contributed by atoms with Crippen molar-refractivity contribution in [3.8, 4) is 0 Å². The van der Waals surface area contributed by atoms with E-state index in [0.29, 0.717) is 11.8 Å². The second-order valence-electron chi connectivity index (χ2n) is 5.87. The van der Waals surface area contributed by atoms with Gasteiger partial charge >= 0.3 is 0 Å². The van der Waals surface area contributed by atoms with Crippen LogP contribution >= 0.6 is 0 Å². The molecule has 0 aliphatic heterocycles. The van der Waals surface area contributed by atoms with Crippen molar-refractivity contribution in [2.45, 2.75) is 57.0 Å². The lowest BCUT2D eigenvalue weighted by molar-refractivity contribution is -0.102. The monoisotopic (exact) mass is 223 g/mol. The highest BCUT2D eigenvalue weighted by Crippen LogP contribution is 2.52. The summed E-state index contributed by atoms with van der Waals surface area (Å²) in [5.74, 6) is 1.06. The Labute approximate surface area is 96.5 Å². The molecule has 16 heavy (non-hydrogen) atoms. The molecule has 3 saturated carbocycles. The number of hydrogen-bond acceptors (Lipinski definition) is 3. The fourth-order valence-corrected chi connectivity index (χ4v) is 4.42. The number of rotatable bonds is 0. The van der Waals surface area contributed by atoms with Crippen molar-refractivity contribution in [3.63, 3.8) is 0 Å². The Balaban J connectivity index is 1.96. The lowest BCUT2D eigenvalue weighted by atomic mass is 9.54. The van der Waals surface area contributed by atoms with Gasteiger partial charge in [0.15, 0.2) is 0 Å². The molecule has 0 amide bonds. The lowest BCUT2D eigenvalue weighted by Crippen LogP contribution is -2.57. The van der Waals surface area contributed by atoms with Crippen LogP contribution < -0.4 is 0 Å². The zero-order valence-electron chi connectivity index (χ0n) is 9.73. The van der Waals surface area contributed by atoms with Gasteiger partial charge in [0.05, 0.1) is 11.3 Å². The first-order valence-electron chi connectivity index (χ1n) is 6.70. The van der Waals surface area contributed by atoms with Crippen LogP contribution in [0.4, 0.5) is 0 Å². The summed E-state index contributed by atoms with van der Waals surface area (Å²) in [4.78, 5) is 0. The Hall–Kier alpha value is -0.570. The van der Waals surface area contributed by atoms with Crippen molar-refractivity contribution in [2.75, 3.05) is 0 Å². The highest BCUT2D eigenvalue weighted by molar-refractivity contribution is 5.91. The Bertz CT molecular complexity index is 315. The average Bonchev–Trinajstić information content (AvgIpc) is 2.30. The first-order valence-corrected chi connectivity index (χ1v) is 6.70. The van der Waals surface area contributed by atoms with Crippen molar-refractivity contribution in [1.82, 2.24) is 0 Å². The summed E-state index contributed by atoms with van der Waals surface area (Å²) >= 11 is 0. The molecule has 3 rings (SSSR count). The Morgan fingerprint density at radius 2 is 2.00 bits per heavy atom. The number of nitrogens with zero attached hydrogens (tertiary/aromatic N) is 1. The average molecular weight is 223 g/mol. The molecule has 0 heterocycles. The van der Waals surface area contributed by atoms with E-state index in [0.717, 1.165) is 37.8 Å². The van der Waals surface area contributed by atoms with Gasteiger partial charge in [0.2, 0.25) is 0 Å². The zero-order valence-corrected chi connectivity index (χ0v) is 9.73. The van der Waals surface area contributed by atoms with E-state index in [9.17, 15) is 10.3 Å². The number of oxime groups is 1. The molecule has 0 radical (unpaired) electrons. The first-order chi connectivity index (χ1) is 7.75. The number of fused-ring (bicyclic) bond motifs is 4. The van der Waals surface area contributed by atoms with Gasteiger partial charge in [0.1, 0.15) is 0 Å². The smallest absolute Gasteiger partial charge is 0.0757 e. The highest BCUT2D eigenvalue weighted by atomic mass is 16.4. The van der Waals surface area contributed by atoms with Crippen molar-refractivity contribution in [1.29, 1.82) is 0 Å². The summed E-state index contributed by atoms with van der Waals surface area (Å²) < 4.78 is 0. The van der Waals surface area contributed by atoms with E-state index in [4.69, 9.17) is 0 Å². The van der Waals surface area contributed by atoms with Gasteiger partial charge in [-0.15, -0.1) is 0 Å². The van der Waals surface area contributed by atoms with Crippen molar-refractivity contribution < 1.29 is 10.3 Å². The Morgan fingerprint density at radius 3 is 2.81 bits per heavy atom. The maximum Gasteiger partial charge on any atom is 0.0757 e. The highest BCUT2D eigenvalue weighted by Gasteiger charge is 2.54. The van der Waals surface area contributed by atoms with Gasteiger partial charge in [-0.05, 0) is 38.0 Å². The summed E-state index contributed by atoms with van der Waals surface area (Å²) in [6.07, 6.45) is 8.88. The van der Waals surface area contributed by atoms with Gasteiger partial charge in [0, 0.05) is 11.8 Å². The quantitative estimate of drug-likeness (QED) is 0.490. The Morgan fingerprint density at radius 1 is 1.12 bits per heavy atom. The second-order valence-corrected chi connectivity index (χ2v) is 5.87. The summed E-state index contributed by atoms with van der Waals surface area (Å²) in [5.41, 5.74) is 0.364. The van der Waals surface area contributed by atoms with Crippen LogP contribution in [0.5, 0.6) is 0 Å². The van der Waals surface area contributed by atoms with Crippen LogP contribution in [-0.4, -0.2) is 21.6 Å². The van der Waals surface area contributed by atoms with E-state index in [2.05, 4.69) is 5.16 Å². The first kappa shape index (κ1) is 10.6. The predicted octanol–water partition coefficient (Wildman–Crippen LogP) is 2.56. The molecule has 0 spiro atoms. The lowest BCUT2D eigenvalue weighted by Gasteiger charge is -2.53. The summed E-state index contributed by atoms with van der Waals surface area (Å²) in [6.45, 7) is 0. The summed E-state index contributed by atoms with van der Waals surface area (Å²) in [5, 5.41) is 23.6. The van der Waals surface area contributed by atoms with Gasteiger partial charge in [-0.3, -0.25) is 0 Å². The van der Waals surface area contributed by atoms with Crippen LogP contribution in [0.25, 0.3) is 0 Å². The third-order valence-corrected chi connectivity index (χ3v) is 5.20. The van der Waals surface area contributed by atoms with Crippen LogP contribution in [0.2, 0.25) is 0 Å². The molecule has 0 aromatic heterocycles. The minimum Gasteiger partial charge on any atom is -0.411 e. The van der Waals surface area contributed by atoms with Crippen LogP contribution in [0.15, 0.2) is 5.16 Å². The summed E-state index contributed by atoms with van der Waals surface area (Å²) in [7, 11) is 0. The minimum atomic E-state index is -0.545. The molecule has 2 N–H and O–H groups in total. The molecular weight excluding hydrogens is 202 g/mol. The van der Waals surface area contributed by atoms with Crippen molar-refractivity contribution in [2.24, 2.45) is 22.9 Å². The standard InChI is InChI=1S/C13H21NO2/c15-13-7-2-1-5-10(13)8-9-4-3-6-11(13)12(9)14-16/h9-11,15-16H,1-8H2/t9-,10+,11-,13+/m0/s1. The Kier molecular flexibility index (Phi) is 2.46. The third kappa shape index (κ3) is 1.33. The van der Waals surface area contributed by atoms with E-state index >= 15 is 0 Å². The number of hydrogen-bond donors (Lipinski definition) is 2. The molecule has 3 aliphatic rings. The fourth-order valence-electron chi connectivity index (χ4n) is 4.42. The topological polar surface area (TPSA) is 52.8 Å². The van der Waals surface area contributed by atoms with E-state index < -0.39 is 5.60 Å². The van der Waals surface area contributed by atoms with Crippen LogP contribution in [-0.2, 0) is 0 Å². The van der Waals surface area contributed by atoms with Gasteiger partial charge < -0.3 is 10.3 Å². The molecule has 0 aromatic rings. The SMILES string of the molecule is ON=C1[C@H]2CCC[C@@H]1[C@@]1(O)CCCC[C@@H]1C2. The second kappa shape index (κ2) is 3.73. The molecule has 3 heteroatoms. The molecule has 0 saturated heterocycles. The van der Waals surface area contributed by atoms with E-state index in [1.165, 1.54) is 19.3 Å². The van der Waals surface area contributed by atoms with Crippen molar-refractivity contribution >= 4 is 5.71 Å².